The largest absolute Gasteiger partial charge is 0.476 e. The van der Waals surface area contributed by atoms with Gasteiger partial charge in [0, 0.05) is 26.2 Å². The predicted octanol–water partition coefficient (Wildman–Crippen LogP) is 1.89. The molecular weight excluding hydrogens is 346 g/mol. The molecule has 27 heavy (non-hydrogen) atoms. The van der Waals surface area contributed by atoms with Crippen molar-refractivity contribution in [1.29, 1.82) is 0 Å². The van der Waals surface area contributed by atoms with Gasteiger partial charge in [-0.05, 0) is 43.2 Å². The molecule has 2 aliphatic heterocycles. The molecule has 1 fully saturated rings. The first-order chi connectivity index (χ1) is 13.1. The van der Waals surface area contributed by atoms with Crippen LogP contribution in [-0.2, 0) is 13.0 Å². The molecule has 2 N–H and O–H groups in total. The lowest BCUT2D eigenvalue weighted by molar-refractivity contribution is 0.0659. The van der Waals surface area contributed by atoms with Crippen molar-refractivity contribution in [2.45, 2.75) is 32.2 Å². The van der Waals surface area contributed by atoms with Gasteiger partial charge in [0.2, 0.25) is 0 Å². The van der Waals surface area contributed by atoms with E-state index in [-0.39, 0.29) is 17.5 Å². The third kappa shape index (κ3) is 3.65. The SMILES string of the molecule is O=C(O)c1cn(CC2CCCN(C(=O)c3cccc4c3NCCC4)C2)nn1. The first kappa shape index (κ1) is 17.5. The summed E-state index contributed by atoms with van der Waals surface area (Å²) < 4.78 is 1.56. The maximum absolute atomic E-state index is 13.1. The number of para-hydroxylation sites is 1. The van der Waals surface area contributed by atoms with Crippen LogP contribution in [0.5, 0.6) is 0 Å². The number of carbonyl (C=O) groups excluding carboxylic acids is 1. The molecule has 1 amide bonds. The van der Waals surface area contributed by atoms with Gasteiger partial charge in [0.15, 0.2) is 5.69 Å². The first-order valence-corrected chi connectivity index (χ1v) is 9.40. The molecule has 4 rings (SSSR count). The van der Waals surface area contributed by atoms with Crippen LogP contribution in [0.2, 0.25) is 0 Å². The minimum absolute atomic E-state index is 0.0549. The van der Waals surface area contributed by atoms with E-state index in [1.165, 1.54) is 11.8 Å². The average Bonchev–Trinajstić information content (AvgIpc) is 3.16. The lowest BCUT2D eigenvalue weighted by atomic mass is 9.95. The Morgan fingerprint density at radius 3 is 3.00 bits per heavy atom. The third-order valence-electron chi connectivity index (χ3n) is 5.32. The summed E-state index contributed by atoms with van der Waals surface area (Å²) in [7, 11) is 0. The van der Waals surface area contributed by atoms with Gasteiger partial charge < -0.3 is 15.3 Å². The first-order valence-electron chi connectivity index (χ1n) is 9.40. The maximum atomic E-state index is 13.1. The van der Waals surface area contributed by atoms with Crippen LogP contribution in [-0.4, -0.2) is 56.5 Å². The van der Waals surface area contributed by atoms with Crippen molar-refractivity contribution in [1.82, 2.24) is 19.9 Å². The average molecular weight is 369 g/mol. The summed E-state index contributed by atoms with van der Waals surface area (Å²) in [6.45, 7) is 2.86. The normalized spacial score (nSPS) is 19.3. The van der Waals surface area contributed by atoms with E-state index >= 15 is 0 Å². The van der Waals surface area contributed by atoms with Crippen LogP contribution >= 0.6 is 0 Å². The van der Waals surface area contributed by atoms with Crippen LogP contribution in [0.15, 0.2) is 24.4 Å². The molecule has 1 atom stereocenters. The highest BCUT2D eigenvalue weighted by atomic mass is 16.4. The predicted molar refractivity (Wildman–Crippen MR) is 98.9 cm³/mol. The van der Waals surface area contributed by atoms with Crippen molar-refractivity contribution in [2.24, 2.45) is 5.92 Å². The number of carbonyl (C=O) groups is 2. The number of likely N-dealkylation sites (tertiary alicyclic amines) is 1. The maximum Gasteiger partial charge on any atom is 0.358 e. The van der Waals surface area contributed by atoms with Gasteiger partial charge in [0.1, 0.15) is 0 Å². The minimum Gasteiger partial charge on any atom is -0.476 e. The van der Waals surface area contributed by atoms with Gasteiger partial charge in [-0.3, -0.25) is 9.48 Å². The summed E-state index contributed by atoms with van der Waals surface area (Å²) in [5, 5.41) is 19.9. The van der Waals surface area contributed by atoms with Gasteiger partial charge in [0.25, 0.3) is 5.91 Å². The van der Waals surface area contributed by atoms with Crippen LogP contribution in [0, 0.1) is 5.92 Å². The number of aryl methyl sites for hydroxylation is 1. The van der Waals surface area contributed by atoms with Gasteiger partial charge in [0.05, 0.1) is 17.4 Å². The highest BCUT2D eigenvalue weighted by Gasteiger charge is 2.27. The van der Waals surface area contributed by atoms with Crippen LogP contribution in [0.1, 0.15) is 45.7 Å². The van der Waals surface area contributed by atoms with Gasteiger partial charge in [-0.25, -0.2) is 4.79 Å². The van der Waals surface area contributed by atoms with Gasteiger partial charge in [-0.15, -0.1) is 5.10 Å². The number of piperidine rings is 1. The molecule has 1 saturated heterocycles. The molecule has 2 aliphatic rings. The number of amides is 1. The number of nitrogens with one attached hydrogen (secondary N) is 1. The second kappa shape index (κ2) is 7.38. The Bertz CT molecular complexity index is 863. The number of anilines is 1. The Balaban J connectivity index is 1.46. The van der Waals surface area contributed by atoms with Crippen molar-refractivity contribution >= 4 is 17.6 Å². The molecule has 0 radical (unpaired) electrons. The molecule has 8 nitrogen and oxygen atoms in total. The number of nitrogens with zero attached hydrogens (tertiary/aromatic N) is 4. The Labute approximate surface area is 157 Å². The molecular formula is C19H23N5O3. The zero-order valence-corrected chi connectivity index (χ0v) is 15.1. The molecule has 2 aromatic rings. The molecule has 3 heterocycles. The number of carboxylic acid groups (broad SMARTS) is 1. The fourth-order valence-corrected chi connectivity index (χ4v) is 4.01. The summed E-state index contributed by atoms with van der Waals surface area (Å²) in [6, 6.07) is 5.95. The van der Waals surface area contributed by atoms with Crippen molar-refractivity contribution in [3.05, 3.63) is 41.2 Å². The number of aromatic carboxylic acids is 1. The van der Waals surface area contributed by atoms with Crippen LogP contribution in [0.4, 0.5) is 5.69 Å². The number of benzene rings is 1. The van der Waals surface area contributed by atoms with E-state index in [4.69, 9.17) is 5.11 Å². The van der Waals surface area contributed by atoms with Crippen molar-refractivity contribution in [3.8, 4) is 0 Å². The van der Waals surface area contributed by atoms with Crippen molar-refractivity contribution < 1.29 is 14.7 Å². The molecule has 0 spiro atoms. The van der Waals surface area contributed by atoms with Gasteiger partial charge >= 0.3 is 5.97 Å². The zero-order valence-electron chi connectivity index (χ0n) is 15.1. The number of rotatable bonds is 4. The van der Waals surface area contributed by atoms with E-state index in [1.807, 2.05) is 17.0 Å². The number of hydrogen-bond donors (Lipinski definition) is 2. The number of carboxylic acids is 1. The van der Waals surface area contributed by atoms with E-state index in [0.29, 0.717) is 13.1 Å². The molecule has 1 unspecified atom stereocenters. The second-order valence-electron chi connectivity index (χ2n) is 7.26. The molecule has 0 saturated carbocycles. The standard InChI is InChI=1S/C19H23N5O3/c25-18(15-7-1-5-14-6-2-8-20-17(14)15)23-9-3-4-13(10-23)11-24-12-16(19(26)27)21-22-24/h1,5,7,12-13,20H,2-4,6,8-11H2,(H,26,27). The Hall–Kier alpha value is -2.90. The summed E-state index contributed by atoms with van der Waals surface area (Å²) in [5.74, 6) is -0.780. The van der Waals surface area contributed by atoms with Crippen molar-refractivity contribution in [2.75, 3.05) is 25.0 Å². The zero-order chi connectivity index (χ0) is 18.8. The fraction of sp³-hybridized carbons (Fsp3) is 0.474. The summed E-state index contributed by atoms with van der Waals surface area (Å²) in [4.78, 5) is 26.0. The van der Waals surface area contributed by atoms with E-state index in [1.54, 1.807) is 4.68 Å². The fourth-order valence-electron chi connectivity index (χ4n) is 4.01. The van der Waals surface area contributed by atoms with Crippen molar-refractivity contribution in [3.63, 3.8) is 0 Å². The second-order valence-corrected chi connectivity index (χ2v) is 7.26. The third-order valence-corrected chi connectivity index (χ3v) is 5.32. The topological polar surface area (TPSA) is 100 Å². The molecule has 1 aromatic heterocycles. The summed E-state index contributed by atoms with van der Waals surface area (Å²) in [6.07, 6.45) is 5.45. The van der Waals surface area contributed by atoms with Gasteiger partial charge in [-0.2, -0.15) is 0 Å². The molecule has 8 heteroatoms. The van der Waals surface area contributed by atoms with E-state index < -0.39 is 5.97 Å². The Morgan fingerprint density at radius 2 is 2.19 bits per heavy atom. The van der Waals surface area contributed by atoms with Gasteiger partial charge in [-0.1, -0.05) is 17.3 Å². The highest BCUT2D eigenvalue weighted by molar-refractivity contribution is 6.00. The lowest BCUT2D eigenvalue weighted by Crippen LogP contribution is -2.41. The molecule has 0 aliphatic carbocycles. The van der Waals surface area contributed by atoms with E-state index in [9.17, 15) is 9.59 Å². The molecule has 1 aromatic carbocycles. The Kier molecular flexibility index (Phi) is 4.79. The Morgan fingerprint density at radius 1 is 1.30 bits per heavy atom. The number of aromatic nitrogens is 3. The van der Waals surface area contributed by atoms with Crippen LogP contribution < -0.4 is 5.32 Å². The number of fused-ring (bicyclic) bond motifs is 1. The highest BCUT2D eigenvalue weighted by Crippen LogP contribution is 2.28. The lowest BCUT2D eigenvalue weighted by Gasteiger charge is -2.33. The van der Waals surface area contributed by atoms with Crippen LogP contribution in [0.25, 0.3) is 0 Å². The smallest absolute Gasteiger partial charge is 0.358 e. The quantitative estimate of drug-likeness (QED) is 0.854. The van der Waals surface area contributed by atoms with Crippen LogP contribution in [0.3, 0.4) is 0 Å². The molecule has 142 valence electrons. The molecule has 0 bridgehead atoms. The van der Waals surface area contributed by atoms with E-state index in [0.717, 1.165) is 50.0 Å². The monoisotopic (exact) mass is 369 g/mol. The summed E-state index contributed by atoms with van der Waals surface area (Å²) in [5.41, 5.74) is 2.89. The summed E-state index contributed by atoms with van der Waals surface area (Å²) >= 11 is 0. The minimum atomic E-state index is -1.08. The number of hydrogen-bond acceptors (Lipinski definition) is 5. The van der Waals surface area contributed by atoms with E-state index in [2.05, 4.69) is 21.7 Å².